The monoisotopic (exact) mass is 842 g/mol. The van der Waals surface area contributed by atoms with Gasteiger partial charge < -0.3 is 19.8 Å². The van der Waals surface area contributed by atoms with Gasteiger partial charge in [0.25, 0.3) is 0 Å². The summed E-state index contributed by atoms with van der Waals surface area (Å²) in [5, 5.41) is 13.8. The van der Waals surface area contributed by atoms with Crippen LogP contribution >= 0.6 is 7.82 Å². The Morgan fingerprint density at radius 2 is 0.948 bits per heavy atom. The van der Waals surface area contributed by atoms with Crippen LogP contribution in [0.15, 0.2) is 24.3 Å². The molecule has 0 bridgehead atoms. The average Bonchev–Trinajstić information content (AvgIpc) is 3.17. The van der Waals surface area contributed by atoms with Crippen molar-refractivity contribution < 1.29 is 32.9 Å². The van der Waals surface area contributed by atoms with Gasteiger partial charge in [0.1, 0.15) is 13.2 Å². The van der Waals surface area contributed by atoms with Crippen molar-refractivity contribution >= 4 is 13.7 Å². The first-order valence-corrected chi connectivity index (χ1v) is 26.2. The third kappa shape index (κ3) is 43.1. The molecule has 0 saturated carbocycles. The van der Waals surface area contributed by atoms with Crippen molar-refractivity contribution in [2.75, 3.05) is 40.9 Å². The van der Waals surface area contributed by atoms with E-state index in [-0.39, 0.29) is 19.1 Å². The molecule has 344 valence electrons. The van der Waals surface area contributed by atoms with E-state index in [4.69, 9.17) is 9.05 Å². The number of amides is 1. The number of nitrogens with zero attached hydrogens (tertiary/aromatic N) is 1. The van der Waals surface area contributed by atoms with Gasteiger partial charge in [-0.25, -0.2) is 4.57 Å². The van der Waals surface area contributed by atoms with Crippen LogP contribution < -0.4 is 5.32 Å². The van der Waals surface area contributed by atoms with E-state index in [0.29, 0.717) is 17.4 Å². The SMILES string of the molecule is CCCCCCCCCC/C=C/CC/C=C/C(O)C(COP(=O)(O)OCC[N+](C)(C)C)NC(=O)CCCCCCCCCCCCCCCCCCCCCCCC. The normalized spacial score (nSPS) is 14.4. The fourth-order valence-corrected chi connectivity index (χ4v) is 7.97. The standard InChI is InChI=1S/C49H97N2O6P/c1-6-8-10-12-14-16-18-20-22-23-24-25-26-27-28-29-31-33-35-37-39-41-43-49(53)50-47(46-57-58(54,55)56-45-44-51(3,4)5)48(52)42-40-38-36-34-32-30-21-19-17-15-13-11-9-7-2/h32,34,40,42,47-48,52H,6-31,33,35-39,41,43-46H2,1-5H3,(H-,50,53,54,55)/p+1/b34-32+,42-40+. The second kappa shape index (κ2) is 41.3. The lowest BCUT2D eigenvalue weighted by atomic mass is 10.0. The number of hydrogen-bond acceptors (Lipinski definition) is 5. The third-order valence-electron chi connectivity index (χ3n) is 11.2. The zero-order valence-electron chi connectivity index (χ0n) is 39.0. The number of aliphatic hydroxyl groups is 1. The summed E-state index contributed by atoms with van der Waals surface area (Å²) in [6.07, 6.45) is 49.7. The summed E-state index contributed by atoms with van der Waals surface area (Å²) >= 11 is 0. The largest absolute Gasteiger partial charge is 0.472 e. The minimum atomic E-state index is -4.34. The van der Waals surface area contributed by atoms with Gasteiger partial charge >= 0.3 is 7.82 Å². The summed E-state index contributed by atoms with van der Waals surface area (Å²) in [5.74, 6) is -0.183. The van der Waals surface area contributed by atoms with Crippen LogP contribution in [-0.4, -0.2) is 73.4 Å². The van der Waals surface area contributed by atoms with Crippen molar-refractivity contribution in [3.8, 4) is 0 Å². The quantitative estimate of drug-likeness (QED) is 0.0244. The van der Waals surface area contributed by atoms with Gasteiger partial charge in [0.15, 0.2) is 0 Å². The molecule has 0 radical (unpaired) electrons. The molecule has 0 aromatic heterocycles. The predicted octanol–water partition coefficient (Wildman–Crippen LogP) is 14.1. The Morgan fingerprint density at radius 3 is 1.38 bits per heavy atom. The number of quaternary nitrogens is 1. The van der Waals surface area contributed by atoms with E-state index < -0.39 is 20.0 Å². The molecule has 0 aromatic carbocycles. The zero-order chi connectivity index (χ0) is 42.8. The van der Waals surface area contributed by atoms with E-state index >= 15 is 0 Å². The molecule has 8 nitrogen and oxygen atoms in total. The highest BCUT2D eigenvalue weighted by molar-refractivity contribution is 7.47. The number of likely N-dealkylation sites (N-methyl/N-ethyl adjacent to an activating group) is 1. The summed E-state index contributed by atoms with van der Waals surface area (Å²) in [6.45, 7) is 4.81. The van der Waals surface area contributed by atoms with Crippen LogP contribution in [0.25, 0.3) is 0 Å². The Balaban J connectivity index is 4.28. The van der Waals surface area contributed by atoms with E-state index in [0.717, 1.165) is 38.5 Å². The maximum atomic E-state index is 12.9. The van der Waals surface area contributed by atoms with E-state index in [1.54, 1.807) is 6.08 Å². The van der Waals surface area contributed by atoms with Crippen molar-refractivity contribution in [1.29, 1.82) is 0 Å². The van der Waals surface area contributed by atoms with Gasteiger partial charge in [-0.3, -0.25) is 13.8 Å². The molecule has 0 heterocycles. The Labute approximate surface area is 360 Å². The van der Waals surface area contributed by atoms with Crippen molar-refractivity contribution in [3.63, 3.8) is 0 Å². The number of carbonyl (C=O) groups excluding carboxylic acids is 1. The number of aliphatic hydroxyl groups excluding tert-OH is 1. The van der Waals surface area contributed by atoms with Crippen molar-refractivity contribution in [2.45, 2.75) is 244 Å². The fraction of sp³-hybridized carbons (Fsp3) is 0.898. The Hall–Kier alpha value is -1.02. The van der Waals surface area contributed by atoms with Crippen LogP contribution in [0.1, 0.15) is 232 Å². The summed E-state index contributed by atoms with van der Waals surface area (Å²) in [6, 6.07) is -0.858. The van der Waals surface area contributed by atoms with Gasteiger partial charge in [0, 0.05) is 6.42 Å². The molecule has 0 aromatic rings. The lowest BCUT2D eigenvalue weighted by Gasteiger charge is -2.25. The van der Waals surface area contributed by atoms with E-state index in [9.17, 15) is 19.4 Å². The summed E-state index contributed by atoms with van der Waals surface area (Å²) in [4.78, 5) is 23.2. The lowest BCUT2D eigenvalue weighted by Crippen LogP contribution is -2.45. The molecular weight excluding hydrogens is 744 g/mol. The summed E-state index contributed by atoms with van der Waals surface area (Å²) < 4.78 is 23.6. The fourth-order valence-electron chi connectivity index (χ4n) is 7.23. The van der Waals surface area contributed by atoms with Crippen LogP contribution in [0.5, 0.6) is 0 Å². The molecule has 0 fully saturated rings. The Bertz CT molecular complexity index is 1000. The molecule has 0 aliphatic heterocycles. The molecule has 3 N–H and O–H groups in total. The first-order valence-electron chi connectivity index (χ1n) is 24.7. The Kier molecular flexibility index (Phi) is 40.6. The highest BCUT2D eigenvalue weighted by Crippen LogP contribution is 2.43. The number of phosphoric ester groups is 1. The molecule has 0 saturated heterocycles. The number of rotatable bonds is 45. The topological polar surface area (TPSA) is 105 Å². The van der Waals surface area contributed by atoms with Crippen LogP contribution in [0.3, 0.4) is 0 Å². The summed E-state index contributed by atoms with van der Waals surface area (Å²) in [5.41, 5.74) is 0. The molecule has 0 aliphatic carbocycles. The van der Waals surface area contributed by atoms with Crippen LogP contribution in [0.2, 0.25) is 0 Å². The highest BCUT2D eigenvalue weighted by atomic mass is 31.2. The maximum Gasteiger partial charge on any atom is 0.472 e. The molecule has 1 amide bonds. The van der Waals surface area contributed by atoms with Crippen LogP contribution in [0.4, 0.5) is 0 Å². The summed E-state index contributed by atoms with van der Waals surface area (Å²) in [7, 11) is 1.56. The van der Waals surface area contributed by atoms with E-state index in [1.165, 1.54) is 173 Å². The number of allylic oxidation sites excluding steroid dienone is 3. The van der Waals surface area contributed by atoms with Crippen molar-refractivity contribution in [1.82, 2.24) is 5.32 Å². The second-order valence-electron chi connectivity index (χ2n) is 18.2. The van der Waals surface area contributed by atoms with Crippen LogP contribution in [-0.2, 0) is 18.4 Å². The van der Waals surface area contributed by atoms with Gasteiger partial charge in [0.2, 0.25) is 5.91 Å². The second-order valence-corrected chi connectivity index (χ2v) is 19.6. The van der Waals surface area contributed by atoms with Crippen molar-refractivity contribution in [2.24, 2.45) is 0 Å². The molecule has 3 unspecified atom stereocenters. The van der Waals surface area contributed by atoms with E-state index in [1.807, 2.05) is 27.2 Å². The molecule has 0 rings (SSSR count). The van der Waals surface area contributed by atoms with Gasteiger partial charge in [0.05, 0.1) is 39.9 Å². The molecule has 3 atom stereocenters. The Morgan fingerprint density at radius 1 is 0.569 bits per heavy atom. The average molecular weight is 842 g/mol. The highest BCUT2D eigenvalue weighted by Gasteiger charge is 2.27. The minimum Gasteiger partial charge on any atom is -0.387 e. The smallest absolute Gasteiger partial charge is 0.387 e. The number of phosphoric acid groups is 1. The van der Waals surface area contributed by atoms with Gasteiger partial charge in [-0.05, 0) is 32.1 Å². The number of nitrogens with one attached hydrogen (secondary N) is 1. The maximum absolute atomic E-state index is 12.9. The van der Waals surface area contributed by atoms with Gasteiger partial charge in [-0.1, -0.05) is 218 Å². The van der Waals surface area contributed by atoms with Crippen LogP contribution in [0, 0.1) is 0 Å². The first kappa shape index (κ1) is 57.0. The first-order chi connectivity index (χ1) is 28.0. The number of hydrogen-bond donors (Lipinski definition) is 3. The predicted molar refractivity (Wildman–Crippen MR) is 249 cm³/mol. The zero-order valence-corrected chi connectivity index (χ0v) is 39.9. The molecule has 0 spiro atoms. The number of carbonyl (C=O) groups is 1. The molecule has 9 heteroatoms. The molecule has 0 aliphatic rings. The van der Waals surface area contributed by atoms with E-state index in [2.05, 4.69) is 31.3 Å². The molecular formula is C49H98N2O6P+. The third-order valence-corrected chi connectivity index (χ3v) is 12.2. The van der Waals surface area contributed by atoms with Gasteiger partial charge in [-0.2, -0.15) is 0 Å². The minimum absolute atomic E-state index is 0.0584. The lowest BCUT2D eigenvalue weighted by molar-refractivity contribution is -0.870. The number of unbranched alkanes of at least 4 members (excludes halogenated alkanes) is 30. The van der Waals surface area contributed by atoms with Gasteiger partial charge in [-0.15, -0.1) is 0 Å². The molecule has 58 heavy (non-hydrogen) atoms. The van der Waals surface area contributed by atoms with Crippen molar-refractivity contribution in [3.05, 3.63) is 24.3 Å².